The zero-order valence-electron chi connectivity index (χ0n) is 8.18. The van der Waals surface area contributed by atoms with Gasteiger partial charge in [0.05, 0.1) is 16.9 Å². The number of para-hydroxylation sites is 2. The van der Waals surface area contributed by atoms with Crippen LogP contribution in [0.1, 0.15) is 5.82 Å². The van der Waals surface area contributed by atoms with Crippen molar-refractivity contribution in [3.8, 4) is 0 Å². The number of halogens is 1. The number of hydrogen-bond donors (Lipinski definition) is 0. The molecule has 0 N–H and O–H groups in total. The third-order valence-electron chi connectivity index (χ3n) is 2.52. The van der Waals surface area contributed by atoms with Crippen LogP contribution in [0.2, 0.25) is 0 Å². The molecule has 0 atom stereocenters. The lowest BCUT2D eigenvalue weighted by molar-refractivity contribution is 0.933. The van der Waals surface area contributed by atoms with E-state index in [2.05, 4.69) is 10.1 Å². The van der Waals surface area contributed by atoms with Gasteiger partial charge in [-0.3, -0.25) is 0 Å². The molecule has 0 aliphatic heterocycles. The first-order chi connectivity index (χ1) is 7.31. The monoisotopic (exact) mass is 220 g/mol. The van der Waals surface area contributed by atoms with Gasteiger partial charge in [-0.2, -0.15) is 9.50 Å². The number of alkyl halides is 1. The smallest absolute Gasteiger partial charge is 0.233 e. The zero-order valence-corrected chi connectivity index (χ0v) is 8.94. The largest absolute Gasteiger partial charge is 0.311 e. The third kappa shape index (κ3) is 1.08. The van der Waals surface area contributed by atoms with Crippen LogP contribution in [0.25, 0.3) is 16.8 Å². The van der Waals surface area contributed by atoms with Gasteiger partial charge in [0.2, 0.25) is 5.78 Å². The molecular formula is C10H9ClN4. The molecule has 0 fully saturated rings. The third-order valence-corrected chi connectivity index (χ3v) is 2.76. The molecule has 15 heavy (non-hydrogen) atoms. The van der Waals surface area contributed by atoms with E-state index in [9.17, 15) is 0 Å². The van der Waals surface area contributed by atoms with Gasteiger partial charge in [-0.15, -0.1) is 16.7 Å². The molecule has 0 spiro atoms. The number of imidazole rings is 1. The normalized spacial score (nSPS) is 11.6. The van der Waals surface area contributed by atoms with Crippen molar-refractivity contribution in [2.45, 2.75) is 5.88 Å². The Balaban J connectivity index is 2.51. The fourth-order valence-electron chi connectivity index (χ4n) is 1.82. The van der Waals surface area contributed by atoms with Gasteiger partial charge in [0, 0.05) is 7.05 Å². The van der Waals surface area contributed by atoms with E-state index in [1.54, 1.807) is 0 Å². The van der Waals surface area contributed by atoms with Gasteiger partial charge in [-0.25, -0.2) is 0 Å². The molecule has 0 radical (unpaired) electrons. The molecule has 0 aliphatic carbocycles. The summed E-state index contributed by atoms with van der Waals surface area (Å²) in [6.45, 7) is 0. The summed E-state index contributed by atoms with van der Waals surface area (Å²) < 4.78 is 3.84. The highest BCUT2D eigenvalue weighted by Gasteiger charge is 2.11. The average molecular weight is 221 g/mol. The van der Waals surface area contributed by atoms with Gasteiger partial charge in [-0.05, 0) is 12.1 Å². The number of hydrogen-bond acceptors (Lipinski definition) is 2. The summed E-state index contributed by atoms with van der Waals surface area (Å²) in [7, 11) is 1.98. The van der Waals surface area contributed by atoms with Crippen molar-refractivity contribution < 1.29 is 0 Å². The molecule has 3 rings (SSSR count). The molecule has 0 unspecified atom stereocenters. The predicted octanol–water partition coefficient (Wildman–Crippen LogP) is 1.96. The Morgan fingerprint density at radius 2 is 2.00 bits per heavy atom. The second kappa shape index (κ2) is 2.97. The Morgan fingerprint density at radius 3 is 2.73 bits per heavy atom. The fraction of sp³-hybridized carbons (Fsp3) is 0.200. The standard InChI is InChI=1S/C10H9ClN4/c1-14-7-4-2-3-5-8(7)15-10(14)12-9(6-11)13-15/h2-5H,6H2,1H3. The van der Waals surface area contributed by atoms with Crippen LogP contribution in [0, 0.1) is 0 Å². The zero-order chi connectivity index (χ0) is 10.4. The molecule has 0 saturated carbocycles. The number of rotatable bonds is 1. The number of aromatic nitrogens is 4. The quantitative estimate of drug-likeness (QED) is 0.588. The molecular weight excluding hydrogens is 212 g/mol. The second-order valence-electron chi connectivity index (χ2n) is 3.42. The van der Waals surface area contributed by atoms with E-state index >= 15 is 0 Å². The number of aryl methyl sites for hydroxylation is 1. The van der Waals surface area contributed by atoms with Crippen molar-refractivity contribution in [1.29, 1.82) is 0 Å². The van der Waals surface area contributed by atoms with Crippen LogP contribution in [-0.2, 0) is 12.9 Å². The maximum atomic E-state index is 5.71. The molecule has 0 aliphatic rings. The minimum Gasteiger partial charge on any atom is -0.311 e. The maximum absolute atomic E-state index is 5.71. The highest BCUT2D eigenvalue weighted by atomic mass is 35.5. The van der Waals surface area contributed by atoms with Crippen molar-refractivity contribution in [3.05, 3.63) is 30.1 Å². The summed E-state index contributed by atoms with van der Waals surface area (Å²) in [6.07, 6.45) is 0. The summed E-state index contributed by atoms with van der Waals surface area (Å²) in [5.74, 6) is 1.83. The first-order valence-corrected chi connectivity index (χ1v) is 5.20. The number of nitrogens with zero attached hydrogens (tertiary/aromatic N) is 4. The van der Waals surface area contributed by atoms with Crippen LogP contribution >= 0.6 is 11.6 Å². The lowest BCUT2D eigenvalue weighted by Gasteiger charge is -1.92. The molecule has 0 bridgehead atoms. The SMILES string of the molecule is Cn1c2ccccc2n2nc(CCl)nc12. The van der Waals surface area contributed by atoms with Gasteiger partial charge in [-0.1, -0.05) is 12.1 Å². The summed E-state index contributed by atoms with van der Waals surface area (Å²) >= 11 is 5.71. The maximum Gasteiger partial charge on any atom is 0.233 e. The van der Waals surface area contributed by atoms with Crippen molar-refractivity contribution in [1.82, 2.24) is 19.2 Å². The van der Waals surface area contributed by atoms with Crippen LogP contribution in [0.5, 0.6) is 0 Å². The van der Waals surface area contributed by atoms with E-state index in [-0.39, 0.29) is 0 Å². The Hall–Kier alpha value is -1.55. The van der Waals surface area contributed by atoms with Gasteiger partial charge in [0.15, 0.2) is 5.82 Å². The Morgan fingerprint density at radius 1 is 1.27 bits per heavy atom. The van der Waals surface area contributed by atoms with Crippen molar-refractivity contribution in [3.63, 3.8) is 0 Å². The second-order valence-corrected chi connectivity index (χ2v) is 3.69. The lowest BCUT2D eigenvalue weighted by atomic mass is 10.3. The van der Waals surface area contributed by atoms with Crippen molar-refractivity contribution >= 4 is 28.4 Å². The molecule has 5 heteroatoms. The van der Waals surface area contributed by atoms with Gasteiger partial charge in [0.25, 0.3) is 0 Å². The predicted molar refractivity (Wildman–Crippen MR) is 59.0 cm³/mol. The summed E-state index contributed by atoms with van der Waals surface area (Å²) in [6, 6.07) is 8.06. The van der Waals surface area contributed by atoms with Crippen LogP contribution in [0.15, 0.2) is 24.3 Å². The topological polar surface area (TPSA) is 35.1 Å². The van der Waals surface area contributed by atoms with Crippen molar-refractivity contribution in [2.75, 3.05) is 0 Å². The lowest BCUT2D eigenvalue weighted by Crippen LogP contribution is -1.88. The number of fused-ring (bicyclic) bond motifs is 3. The summed E-state index contributed by atoms with van der Waals surface area (Å²) in [5, 5.41) is 4.33. The molecule has 1 aromatic carbocycles. The van der Waals surface area contributed by atoms with Crippen molar-refractivity contribution in [2.24, 2.45) is 7.05 Å². The van der Waals surface area contributed by atoms with Gasteiger partial charge < -0.3 is 4.57 Å². The Kier molecular flexibility index (Phi) is 1.73. The molecule has 3 aromatic rings. The highest BCUT2D eigenvalue weighted by Crippen LogP contribution is 2.17. The van der Waals surface area contributed by atoms with Crippen LogP contribution in [0.4, 0.5) is 0 Å². The van der Waals surface area contributed by atoms with Gasteiger partial charge in [0.1, 0.15) is 0 Å². The minimum atomic E-state index is 0.343. The fourth-order valence-corrected chi connectivity index (χ4v) is 1.93. The van der Waals surface area contributed by atoms with E-state index in [0.29, 0.717) is 11.7 Å². The first kappa shape index (κ1) is 8.73. The van der Waals surface area contributed by atoms with E-state index in [4.69, 9.17) is 11.6 Å². The number of benzene rings is 1. The Bertz CT molecular complexity index is 637. The minimum absolute atomic E-state index is 0.343. The average Bonchev–Trinajstić information content (AvgIpc) is 2.80. The Labute approximate surface area is 91.1 Å². The summed E-state index contributed by atoms with van der Waals surface area (Å²) in [4.78, 5) is 4.35. The molecule has 2 aromatic heterocycles. The van der Waals surface area contributed by atoms with Gasteiger partial charge >= 0.3 is 0 Å². The van der Waals surface area contributed by atoms with E-state index in [0.717, 1.165) is 16.8 Å². The molecule has 4 nitrogen and oxygen atoms in total. The molecule has 2 heterocycles. The molecule has 0 amide bonds. The first-order valence-electron chi connectivity index (χ1n) is 4.66. The van der Waals surface area contributed by atoms with Crippen LogP contribution in [-0.4, -0.2) is 19.2 Å². The van der Waals surface area contributed by atoms with Crippen LogP contribution in [0.3, 0.4) is 0 Å². The van der Waals surface area contributed by atoms with E-state index in [1.165, 1.54) is 0 Å². The summed E-state index contributed by atoms with van der Waals surface area (Å²) in [5.41, 5.74) is 2.17. The van der Waals surface area contributed by atoms with Crippen LogP contribution < -0.4 is 0 Å². The highest BCUT2D eigenvalue weighted by molar-refractivity contribution is 6.16. The molecule has 0 saturated heterocycles. The molecule has 76 valence electrons. The van der Waals surface area contributed by atoms with E-state index < -0.39 is 0 Å². The van der Waals surface area contributed by atoms with E-state index in [1.807, 2.05) is 40.4 Å².